The predicted octanol–water partition coefficient (Wildman–Crippen LogP) is 1.80. The first-order valence-corrected chi connectivity index (χ1v) is 7.54. The number of urea groups is 1. The molecule has 1 aliphatic rings. The van der Waals surface area contributed by atoms with Gasteiger partial charge in [-0.05, 0) is 25.0 Å². The van der Waals surface area contributed by atoms with E-state index in [1.807, 2.05) is 35.2 Å². The van der Waals surface area contributed by atoms with E-state index in [-0.39, 0.29) is 6.03 Å². The van der Waals surface area contributed by atoms with Crippen LogP contribution >= 0.6 is 0 Å². The Hall–Kier alpha value is -1.75. The van der Waals surface area contributed by atoms with Gasteiger partial charge in [-0.3, -0.25) is 0 Å². The summed E-state index contributed by atoms with van der Waals surface area (Å²) in [5.41, 5.74) is 0. The predicted molar refractivity (Wildman–Crippen MR) is 83.6 cm³/mol. The molecule has 0 aromatic heterocycles. The molecule has 1 N–H and O–H groups in total. The summed E-state index contributed by atoms with van der Waals surface area (Å²) in [6.07, 6.45) is 2.01. The number of amides is 2. The number of nitrogens with one attached hydrogen (secondary N) is 1. The molecule has 1 heterocycles. The van der Waals surface area contributed by atoms with E-state index in [0.717, 1.165) is 38.2 Å². The smallest absolute Gasteiger partial charge is 0.319 e. The fourth-order valence-electron chi connectivity index (χ4n) is 2.51. The fraction of sp³-hybridized carbons (Fsp3) is 0.562. The summed E-state index contributed by atoms with van der Waals surface area (Å²) in [6.45, 7) is 3.16. The van der Waals surface area contributed by atoms with Crippen molar-refractivity contribution in [2.45, 2.75) is 18.9 Å². The van der Waals surface area contributed by atoms with Crippen LogP contribution in [0.3, 0.4) is 0 Å². The first kappa shape index (κ1) is 15.6. The van der Waals surface area contributed by atoms with Crippen LogP contribution < -0.4 is 10.1 Å². The summed E-state index contributed by atoms with van der Waals surface area (Å²) in [7, 11) is 3.60. The van der Waals surface area contributed by atoms with Gasteiger partial charge in [-0.1, -0.05) is 18.2 Å². The Balaban J connectivity index is 1.60. The summed E-state index contributed by atoms with van der Waals surface area (Å²) < 4.78 is 5.65. The number of rotatable bonds is 5. The van der Waals surface area contributed by atoms with Gasteiger partial charge in [0.15, 0.2) is 0 Å². The lowest BCUT2D eigenvalue weighted by atomic mass is 10.1. The van der Waals surface area contributed by atoms with Crippen molar-refractivity contribution in [1.82, 2.24) is 15.1 Å². The molecule has 1 aromatic carbocycles. The van der Waals surface area contributed by atoms with E-state index < -0.39 is 0 Å². The van der Waals surface area contributed by atoms with Crippen LogP contribution in [0.1, 0.15) is 12.8 Å². The second kappa shape index (κ2) is 7.88. The minimum absolute atomic E-state index is 0.112. The highest BCUT2D eigenvalue weighted by Gasteiger charge is 2.23. The van der Waals surface area contributed by atoms with E-state index in [0.29, 0.717) is 12.6 Å². The third-order valence-corrected chi connectivity index (χ3v) is 3.70. The van der Waals surface area contributed by atoms with Crippen molar-refractivity contribution in [2.24, 2.45) is 0 Å². The maximum absolute atomic E-state index is 11.8. The fourth-order valence-corrected chi connectivity index (χ4v) is 2.51. The van der Waals surface area contributed by atoms with Gasteiger partial charge in [-0.25, -0.2) is 4.79 Å². The van der Waals surface area contributed by atoms with Crippen molar-refractivity contribution in [1.29, 1.82) is 0 Å². The Morgan fingerprint density at radius 1 is 1.29 bits per heavy atom. The molecule has 0 aliphatic carbocycles. The van der Waals surface area contributed by atoms with Crippen LogP contribution in [-0.2, 0) is 0 Å². The first-order chi connectivity index (χ1) is 10.2. The van der Waals surface area contributed by atoms with Crippen molar-refractivity contribution in [3.8, 4) is 5.75 Å². The SMILES string of the molecule is CN(C)C(=O)N1CCC(NCCOc2ccccc2)CC1. The molecule has 0 saturated carbocycles. The van der Waals surface area contributed by atoms with Gasteiger partial charge >= 0.3 is 6.03 Å². The normalized spacial score (nSPS) is 15.8. The molecule has 1 aromatic rings. The van der Waals surface area contributed by atoms with Crippen LogP contribution in [-0.4, -0.2) is 62.2 Å². The van der Waals surface area contributed by atoms with E-state index >= 15 is 0 Å². The number of para-hydroxylation sites is 1. The Bertz CT molecular complexity index is 428. The second-order valence-electron chi connectivity index (χ2n) is 5.55. The Morgan fingerprint density at radius 3 is 2.57 bits per heavy atom. The second-order valence-corrected chi connectivity index (χ2v) is 5.55. The van der Waals surface area contributed by atoms with Crippen LogP contribution in [0.25, 0.3) is 0 Å². The van der Waals surface area contributed by atoms with Crippen LogP contribution in [0.4, 0.5) is 4.79 Å². The van der Waals surface area contributed by atoms with Crippen LogP contribution in [0, 0.1) is 0 Å². The third kappa shape index (κ3) is 4.93. The van der Waals surface area contributed by atoms with Gasteiger partial charge in [-0.15, -0.1) is 0 Å². The Morgan fingerprint density at radius 2 is 1.95 bits per heavy atom. The lowest BCUT2D eigenvalue weighted by Gasteiger charge is -2.34. The van der Waals surface area contributed by atoms with Crippen molar-refractivity contribution >= 4 is 6.03 Å². The summed E-state index contributed by atoms with van der Waals surface area (Å²) in [5.74, 6) is 0.908. The van der Waals surface area contributed by atoms with Gasteiger partial charge in [0.1, 0.15) is 12.4 Å². The zero-order chi connectivity index (χ0) is 15.1. The number of piperidine rings is 1. The lowest BCUT2D eigenvalue weighted by molar-refractivity contribution is 0.151. The highest BCUT2D eigenvalue weighted by Crippen LogP contribution is 2.12. The molecule has 116 valence electrons. The van der Waals surface area contributed by atoms with E-state index in [4.69, 9.17) is 4.74 Å². The van der Waals surface area contributed by atoms with Gasteiger partial charge in [0.2, 0.25) is 0 Å². The number of carbonyl (C=O) groups is 1. The zero-order valence-electron chi connectivity index (χ0n) is 12.9. The molecule has 1 fully saturated rings. The van der Waals surface area contributed by atoms with Gasteiger partial charge < -0.3 is 19.9 Å². The average Bonchev–Trinajstić information content (AvgIpc) is 2.52. The number of benzene rings is 1. The third-order valence-electron chi connectivity index (χ3n) is 3.70. The minimum atomic E-state index is 0.112. The molecule has 0 bridgehead atoms. The highest BCUT2D eigenvalue weighted by atomic mass is 16.5. The topological polar surface area (TPSA) is 44.8 Å². The van der Waals surface area contributed by atoms with Crippen LogP contribution in [0.2, 0.25) is 0 Å². The Labute approximate surface area is 126 Å². The largest absolute Gasteiger partial charge is 0.492 e. The van der Waals surface area contributed by atoms with E-state index in [1.54, 1.807) is 19.0 Å². The van der Waals surface area contributed by atoms with Crippen molar-refractivity contribution in [3.63, 3.8) is 0 Å². The monoisotopic (exact) mass is 291 g/mol. The summed E-state index contributed by atoms with van der Waals surface area (Å²) >= 11 is 0. The van der Waals surface area contributed by atoms with E-state index in [2.05, 4.69) is 5.32 Å². The summed E-state index contributed by atoms with van der Waals surface area (Å²) in [5, 5.41) is 3.50. The molecular weight excluding hydrogens is 266 g/mol. The number of hydrogen-bond acceptors (Lipinski definition) is 3. The average molecular weight is 291 g/mol. The molecule has 5 nitrogen and oxygen atoms in total. The molecule has 5 heteroatoms. The lowest BCUT2D eigenvalue weighted by Crippen LogP contribution is -2.48. The van der Waals surface area contributed by atoms with Crippen LogP contribution in [0.5, 0.6) is 5.75 Å². The summed E-state index contributed by atoms with van der Waals surface area (Å²) in [6, 6.07) is 10.4. The standard InChI is InChI=1S/C16H25N3O2/c1-18(2)16(20)19-11-8-14(9-12-19)17-10-13-21-15-6-4-3-5-7-15/h3-7,14,17H,8-13H2,1-2H3. The van der Waals surface area contributed by atoms with E-state index in [9.17, 15) is 4.79 Å². The molecule has 0 unspecified atom stereocenters. The van der Waals surface area contributed by atoms with Crippen LogP contribution in [0.15, 0.2) is 30.3 Å². The highest BCUT2D eigenvalue weighted by molar-refractivity contribution is 5.73. The molecule has 2 amide bonds. The maximum atomic E-state index is 11.8. The molecule has 0 radical (unpaired) electrons. The molecule has 21 heavy (non-hydrogen) atoms. The summed E-state index contributed by atoms with van der Waals surface area (Å²) in [4.78, 5) is 15.4. The van der Waals surface area contributed by atoms with Crippen molar-refractivity contribution in [2.75, 3.05) is 40.3 Å². The maximum Gasteiger partial charge on any atom is 0.319 e. The molecule has 2 rings (SSSR count). The molecule has 1 aliphatic heterocycles. The molecular formula is C16H25N3O2. The number of carbonyl (C=O) groups excluding carboxylic acids is 1. The number of hydrogen-bond donors (Lipinski definition) is 1. The van der Waals surface area contributed by atoms with Gasteiger partial charge in [0.25, 0.3) is 0 Å². The van der Waals surface area contributed by atoms with E-state index in [1.165, 1.54) is 0 Å². The van der Waals surface area contributed by atoms with Gasteiger partial charge in [-0.2, -0.15) is 0 Å². The van der Waals surface area contributed by atoms with Crippen molar-refractivity contribution < 1.29 is 9.53 Å². The minimum Gasteiger partial charge on any atom is -0.492 e. The number of ether oxygens (including phenoxy) is 1. The molecule has 0 spiro atoms. The zero-order valence-corrected chi connectivity index (χ0v) is 12.9. The quantitative estimate of drug-likeness (QED) is 0.841. The number of likely N-dealkylation sites (tertiary alicyclic amines) is 1. The number of nitrogens with zero attached hydrogens (tertiary/aromatic N) is 2. The Kier molecular flexibility index (Phi) is 5.87. The van der Waals surface area contributed by atoms with Gasteiger partial charge in [0, 0.05) is 39.8 Å². The molecule has 0 atom stereocenters. The van der Waals surface area contributed by atoms with Crippen molar-refractivity contribution in [3.05, 3.63) is 30.3 Å². The van der Waals surface area contributed by atoms with Gasteiger partial charge in [0.05, 0.1) is 0 Å². The first-order valence-electron chi connectivity index (χ1n) is 7.54. The molecule has 1 saturated heterocycles.